The van der Waals surface area contributed by atoms with Gasteiger partial charge < -0.3 is 5.32 Å². The van der Waals surface area contributed by atoms with E-state index in [-0.39, 0.29) is 5.41 Å². The van der Waals surface area contributed by atoms with Crippen LogP contribution < -0.4 is 5.32 Å². The predicted octanol–water partition coefficient (Wildman–Crippen LogP) is 6.83. The summed E-state index contributed by atoms with van der Waals surface area (Å²) in [5, 5.41) is 5.67. The number of benzene rings is 1. The molecule has 0 saturated heterocycles. The second-order valence-electron chi connectivity index (χ2n) is 9.10. The molecule has 168 valence electrons. The molecule has 4 aromatic rings. The average Bonchev–Trinajstić information content (AvgIpc) is 3.25. The minimum Gasteiger partial charge on any atom is -0.369 e. The molecule has 3 aromatic heterocycles. The molecule has 0 aliphatic rings. The van der Waals surface area contributed by atoms with E-state index in [1.165, 1.54) is 5.56 Å². The van der Waals surface area contributed by atoms with Crippen LogP contribution in [0.3, 0.4) is 0 Å². The number of fused-ring (bicyclic) bond motifs is 1. The van der Waals surface area contributed by atoms with Gasteiger partial charge in [0.05, 0.1) is 10.3 Å². The number of pyridine rings is 1. The second kappa shape index (κ2) is 10.1. The highest BCUT2D eigenvalue weighted by molar-refractivity contribution is 7.18. The van der Waals surface area contributed by atoms with Crippen molar-refractivity contribution in [3.8, 4) is 23.2 Å². The summed E-state index contributed by atoms with van der Waals surface area (Å²) in [7, 11) is 0. The molecule has 1 aromatic carbocycles. The Morgan fingerprint density at radius 1 is 1.03 bits per heavy atom. The highest BCUT2D eigenvalue weighted by Crippen LogP contribution is 2.32. The quantitative estimate of drug-likeness (QED) is 0.246. The van der Waals surface area contributed by atoms with Crippen LogP contribution in [-0.2, 0) is 6.42 Å². The zero-order valence-electron chi connectivity index (χ0n) is 19.7. The van der Waals surface area contributed by atoms with Crippen LogP contribution in [0.4, 0.5) is 5.82 Å². The van der Waals surface area contributed by atoms with Gasteiger partial charge >= 0.3 is 0 Å². The minimum atomic E-state index is -0.0618. The maximum atomic E-state index is 4.92. The maximum absolute atomic E-state index is 4.92. The van der Waals surface area contributed by atoms with Gasteiger partial charge in [0.25, 0.3) is 0 Å². The van der Waals surface area contributed by atoms with Crippen LogP contribution in [-0.4, -0.2) is 21.5 Å². The molecular formula is C28H30N4S. The summed E-state index contributed by atoms with van der Waals surface area (Å²) in [4.78, 5) is 13.9. The average molecular weight is 455 g/mol. The molecule has 0 aliphatic heterocycles. The molecule has 0 bridgehead atoms. The fraction of sp³-hybridized carbons (Fsp3) is 0.321. The summed E-state index contributed by atoms with van der Waals surface area (Å²) < 4.78 is 1.05. The van der Waals surface area contributed by atoms with Gasteiger partial charge in [-0.2, -0.15) is 0 Å². The molecule has 1 N–H and O–H groups in total. The van der Waals surface area contributed by atoms with Crippen molar-refractivity contribution in [2.45, 2.75) is 40.5 Å². The van der Waals surface area contributed by atoms with Crippen molar-refractivity contribution >= 4 is 27.4 Å². The summed E-state index contributed by atoms with van der Waals surface area (Å²) >= 11 is 1.66. The smallest absolute Gasteiger partial charge is 0.162 e. The summed E-state index contributed by atoms with van der Waals surface area (Å²) in [6, 6.07) is 14.5. The van der Waals surface area contributed by atoms with Crippen molar-refractivity contribution in [3.05, 3.63) is 71.4 Å². The first-order valence-corrected chi connectivity index (χ1v) is 12.3. The topological polar surface area (TPSA) is 50.7 Å². The lowest BCUT2D eigenvalue weighted by Gasteiger charge is -2.21. The van der Waals surface area contributed by atoms with Crippen LogP contribution >= 0.6 is 11.3 Å². The zero-order chi connectivity index (χ0) is 23.3. The van der Waals surface area contributed by atoms with Crippen LogP contribution in [0.1, 0.15) is 45.2 Å². The molecule has 0 atom stereocenters. The fourth-order valence-electron chi connectivity index (χ4n) is 3.27. The monoisotopic (exact) mass is 454 g/mol. The predicted molar refractivity (Wildman–Crippen MR) is 139 cm³/mol. The van der Waals surface area contributed by atoms with E-state index in [0.717, 1.165) is 46.5 Å². The van der Waals surface area contributed by atoms with E-state index in [4.69, 9.17) is 9.97 Å². The molecule has 33 heavy (non-hydrogen) atoms. The molecule has 0 saturated carbocycles. The SMILES string of the molecule is CC(C)C(C)(C)C#Cc1csc2c(NCCCc3ccccc3)nc(-c3ccncc3)nc12. The van der Waals surface area contributed by atoms with Gasteiger partial charge in [-0.15, -0.1) is 11.3 Å². The molecule has 4 nitrogen and oxygen atoms in total. The maximum Gasteiger partial charge on any atom is 0.162 e. The first kappa shape index (κ1) is 22.9. The van der Waals surface area contributed by atoms with Crippen molar-refractivity contribution in [3.63, 3.8) is 0 Å². The lowest BCUT2D eigenvalue weighted by Crippen LogP contribution is -2.16. The Labute approximate surface area is 200 Å². The van der Waals surface area contributed by atoms with Crippen LogP contribution in [0.5, 0.6) is 0 Å². The van der Waals surface area contributed by atoms with Gasteiger partial charge in [0.1, 0.15) is 11.3 Å². The number of nitrogens with one attached hydrogen (secondary N) is 1. The van der Waals surface area contributed by atoms with Crippen LogP contribution in [0, 0.1) is 23.2 Å². The first-order chi connectivity index (χ1) is 15.9. The van der Waals surface area contributed by atoms with Gasteiger partial charge in [0.2, 0.25) is 0 Å². The van der Waals surface area contributed by atoms with Crippen molar-refractivity contribution in [2.24, 2.45) is 11.3 Å². The molecule has 4 rings (SSSR count). The summed E-state index contributed by atoms with van der Waals surface area (Å²) in [6.07, 6.45) is 5.61. The van der Waals surface area contributed by atoms with Gasteiger partial charge in [-0.25, -0.2) is 9.97 Å². The molecule has 0 fully saturated rings. The van der Waals surface area contributed by atoms with E-state index < -0.39 is 0 Å². The van der Waals surface area contributed by atoms with E-state index in [9.17, 15) is 0 Å². The van der Waals surface area contributed by atoms with Gasteiger partial charge in [-0.3, -0.25) is 4.98 Å². The lowest BCUT2D eigenvalue weighted by molar-refractivity contribution is 0.350. The largest absolute Gasteiger partial charge is 0.369 e. The van der Waals surface area contributed by atoms with Crippen molar-refractivity contribution in [2.75, 3.05) is 11.9 Å². The van der Waals surface area contributed by atoms with Crippen LogP contribution in [0.15, 0.2) is 60.2 Å². The third-order valence-electron chi connectivity index (χ3n) is 6.09. The number of nitrogens with zero attached hydrogens (tertiary/aromatic N) is 3. The standard InChI is InChI=1S/C28H30N4S/c1-20(2)28(3,4)15-12-23-19-33-25-24(23)31-26(22-13-17-29-18-14-22)32-27(25)30-16-8-11-21-9-6-5-7-10-21/h5-7,9-10,13-14,17-20H,8,11,16H2,1-4H3,(H,30,31,32). The molecule has 0 radical (unpaired) electrons. The van der Waals surface area contributed by atoms with Crippen molar-refractivity contribution < 1.29 is 0 Å². The highest BCUT2D eigenvalue weighted by atomic mass is 32.1. The number of hydrogen-bond donors (Lipinski definition) is 1. The minimum absolute atomic E-state index is 0.0618. The fourth-order valence-corrected chi connectivity index (χ4v) is 4.18. The molecular weight excluding hydrogens is 424 g/mol. The lowest BCUT2D eigenvalue weighted by atomic mass is 9.82. The molecule has 0 spiro atoms. The molecule has 0 amide bonds. The normalized spacial score (nSPS) is 11.4. The molecule has 0 unspecified atom stereocenters. The Morgan fingerprint density at radius 2 is 1.79 bits per heavy atom. The number of aryl methyl sites for hydroxylation is 1. The number of rotatable bonds is 7. The van der Waals surface area contributed by atoms with Gasteiger partial charge in [0, 0.05) is 35.3 Å². The van der Waals surface area contributed by atoms with E-state index in [1.807, 2.05) is 12.1 Å². The zero-order valence-corrected chi connectivity index (χ0v) is 20.5. The highest BCUT2D eigenvalue weighted by Gasteiger charge is 2.19. The van der Waals surface area contributed by atoms with E-state index in [2.05, 4.69) is 85.5 Å². The Morgan fingerprint density at radius 3 is 2.52 bits per heavy atom. The van der Waals surface area contributed by atoms with Gasteiger partial charge in [0.15, 0.2) is 5.82 Å². The Kier molecular flexibility index (Phi) is 7.05. The van der Waals surface area contributed by atoms with Crippen LogP contribution in [0.25, 0.3) is 21.6 Å². The van der Waals surface area contributed by atoms with Crippen LogP contribution in [0.2, 0.25) is 0 Å². The van der Waals surface area contributed by atoms with E-state index in [1.54, 1.807) is 23.7 Å². The van der Waals surface area contributed by atoms with Crippen molar-refractivity contribution in [1.29, 1.82) is 0 Å². The van der Waals surface area contributed by atoms with Gasteiger partial charge in [-0.05, 0) is 50.3 Å². The first-order valence-electron chi connectivity index (χ1n) is 11.4. The number of thiophene rings is 1. The number of anilines is 1. The number of hydrogen-bond acceptors (Lipinski definition) is 5. The Bertz CT molecular complexity index is 1270. The summed E-state index contributed by atoms with van der Waals surface area (Å²) in [5.41, 5.74) is 4.12. The third-order valence-corrected chi connectivity index (χ3v) is 7.07. The Balaban J connectivity index is 1.65. The van der Waals surface area contributed by atoms with Gasteiger partial charge in [-0.1, -0.05) is 56.0 Å². The Hall–Kier alpha value is -3.23. The summed E-state index contributed by atoms with van der Waals surface area (Å²) in [5.74, 6) is 8.92. The second-order valence-corrected chi connectivity index (χ2v) is 9.98. The molecule has 3 heterocycles. The van der Waals surface area contributed by atoms with E-state index in [0.29, 0.717) is 11.7 Å². The third kappa shape index (κ3) is 5.58. The summed E-state index contributed by atoms with van der Waals surface area (Å²) in [6.45, 7) is 9.64. The van der Waals surface area contributed by atoms with Crippen molar-refractivity contribution in [1.82, 2.24) is 15.0 Å². The molecule has 0 aliphatic carbocycles. The molecule has 5 heteroatoms. The van der Waals surface area contributed by atoms with E-state index >= 15 is 0 Å². The number of aromatic nitrogens is 3.